The number of halogens is 1. The second-order valence-corrected chi connectivity index (χ2v) is 12.4. The van der Waals surface area contributed by atoms with Gasteiger partial charge in [-0.25, -0.2) is 4.99 Å². The molecule has 0 bridgehead atoms. The van der Waals surface area contributed by atoms with Crippen molar-refractivity contribution in [1.82, 2.24) is 4.57 Å². The summed E-state index contributed by atoms with van der Waals surface area (Å²) < 4.78 is 20.1. The van der Waals surface area contributed by atoms with Crippen LogP contribution in [0.15, 0.2) is 123 Å². The third kappa shape index (κ3) is 6.54. The van der Waals surface area contributed by atoms with Gasteiger partial charge in [0.1, 0.15) is 12.4 Å². The van der Waals surface area contributed by atoms with Gasteiger partial charge in [0.15, 0.2) is 16.3 Å². The molecule has 4 aromatic carbocycles. The first-order valence-corrected chi connectivity index (χ1v) is 16.0. The number of hydrogen-bond donors (Lipinski definition) is 1. The van der Waals surface area contributed by atoms with E-state index in [1.165, 1.54) is 11.3 Å². The Morgan fingerprint density at radius 1 is 0.957 bits per heavy atom. The van der Waals surface area contributed by atoms with E-state index in [2.05, 4.69) is 21.2 Å². The van der Waals surface area contributed by atoms with E-state index in [0.717, 1.165) is 21.2 Å². The van der Waals surface area contributed by atoms with Crippen LogP contribution >= 0.6 is 27.3 Å². The number of carbonyl (C=O) groups excluding carboxylic acids is 1. The normalized spacial score (nSPS) is 14.3. The number of aromatic nitrogens is 1. The number of benzene rings is 4. The van der Waals surface area contributed by atoms with Gasteiger partial charge >= 0.3 is 0 Å². The van der Waals surface area contributed by atoms with Gasteiger partial charge in [-0.3, -0.25) is 14.2 Å². The molecule has 6 rings (SSSR count). The number of fused-ring (bicyclic) bond motifs is 1. The zero-order valence-corrected chi connectivity index (χ0v) is 27.7. The Morgan fingerprint density at radius 2 is 1.70 bits per heavy atom. The minimum atomic E-state index is -0.697. The topological polar surface area (TPSA) is 91.2 Å². The van der Waals surface area contributed by atoms with Crippen LogP contribution in [0.2, 0.25) is 0 Å². The summed E-state index contributed by atoms with van der Waals surface area (Å²) in [4.78, 5) is 33.1. The van der Waals surface area contributed by atoms with Crippen LogP contribution in [0.3, 0.4) is 0 Å². The molecule has 2 heterocycles. The van der Waals surface area contributed by atoms with Crippen molar-refractivity contribution in [2.45, 2.75) is 19.6 Å². The number of rotatable bonds is 9. The highest BCUT2D eigenvalue weighted by Crippen LogP contribution is 2.32. The second kappa shape index (κ2) is 13.6. The first kappa shape index (κ1) is 31.1. The maximum Gasteiger partial charge on any atom is 0.271 e. The van der Waals surface area contributed by atoms with E-state index < -0.39 is 6.04 Å². The maximum atomic E-state index is 14.1. The van der Waals surface area contributed by atoms with Crippen LogP contribution in [-0.2, 0) is 11.4 Å². The lowest BCUT2D eigenvalue weighted by Gasteiger charge is -2.25. The molecule has 0 saturated carbocycles. The average molecular weight is 697 g/mol. The van der Waals surface area contributed by atoms with Crippen LogP contribution in [-0.4, -0.2) is 24.7 Å². The number of amides is 1. The molecule has 0 unspecified atom stereocenters. The first-order valence-electron chi connectivity index (χ1n) is 14.4. The van der Waals surface area contributed by atoms with Crippen molar-refractivity contribution < 1.29 is 19.0 Å². The van der Waals surface area contributed by atoms with Gasteiger partial charge < -0.3 is 19.5 Å². The molecule has 0 aliphatic carbocycles. The Bertz CT molecular complexity index is 2100. The van der Waals surface area contributed by atoms with Crippen molar-refractivity contribution in [2.75, 3.05) is 19.5 Å². The number of para-hydroxylation sites is 1. The minimum absolute atomic E-state index is 0.253. The van der Waals surface area contributed by atoms with E-state index in [0.29, 0.717) is 50.1 Å². The lowest BCUT2D eigenvalue weighted by atomic mass is 9.95. The Kier molecular flexibility index (Phi) is 9.18. The van der Waals surface area contributed by atoms with Crippen molar-refractivity contribution >= 4 is 44.9 Å². The van der Waals surface area contributed by atoms with Crippen LogP contribution in [0.1, 0.15) is 29.7 Å². The number of carbonyl (C=O) groups is 1. The van der Waals surface area contributed by atoms with E-state index in [1.54, 1.807) is 31.8 Å². The van der Waals surface area contributed by atoms with Crippen molar-refractivity contribution in [3.8, 4) is 17.2 Å². The summed E-state index contributed by atoms with van der Waals surface area (Å²) in [5, 5.41) is 2.97. The number of nitrogens with one attached hydrogen (secondary N) is 1. The van der Waals surface area contributed by atoms with E-state index in [-0.39, 0.29) is 11.5 Å². The van der Waals surface area contributed by atoms with Gasteiger partial charge in [0, 0.05) is 10.2 Å². The van der Waals surface area contributed by atoms with Crippen molar-refractivity contribution in [3.63, 3.8) is 0 Å². The molecule has 0 spiro atoms. The second-order valence-electron chi connectivity index (χ2n) is 10.5. The summed E-state index contributed by atoms with van der Waals surface area (Å²) in [5.74, 6) is 1.48. The highest BCUT2D eigenvalue weighted by atomic mass is 79.9. The fourth-order valence-corrected chi connectivity index (χ4v) is 6.53. The largest absolute Gasteiger partial charge is 0.497 e. The van der Waals surface area contributed by atoms with Crippen LogP contribution in [0.5, 0.6) is 17.2 Å². The zero-order chi connectivity index (χ0) is 32.2. The van der Waals surface area contributed by atoms with Crippen molar-refractivity contribution in [3.05, 3.63) is 149 Å². The number of nitrogens with zero attached hydrogens (tertiary/aromatic N) is 2. The molecule has 8 nitrogen and oxygen atoms in total. The molecule has 1 amide bonds. The summed E-state index contributed by atoms with van der Waals surface area (Å²) in [6.07, 6.45) is 1.80. The fourth-order valence-electron chi connectivity index (χ4n) is 5.22. The average Bonchev–Trinajstić information content (AvgIpc) is 3.38. The standard InChI is InChI=1S/C36H30BrN3O5S/c1-22-32(34(41)39-27-7-5-4-6-8-27)33(25-12-16-28(43-2)17-13-25)40-35(42)31(46-36(40)38-22)20-24-11-18-29(30(19-24)44-3)45-21-23-9-14-26(37)15-10-23/h4-20,33H,21H2,1-3H3,(H,39,41)/b31-20+/t33-/m1/s1. The smallest absolute Gasteiger partial charge is 0.271 e. The Labute approximate surface area is 278 Å². The third-order valence-corrected chi connectivity index (χ3v) is 9.03. The maximum absolute atomic E-state index is 14.1. The Balaban J connectivity index is 1.38. The molecule has 0 saturated heterocycles. The zero-order valence-electron chi connectivity index (χ0n) is 25.3. The molecule has 1 aliphatic heterocycles. The van der Waals surface area contributed by atoms with Gasteiger partial charge in [0.25, 0.3) is 11.5 Å². The molecule has 1 aromatic heterocycles. The van der Waals surface area contributed by atoms with Crippen molar-refractivity contribution in [2.24, 2.45) is 4.99 Å². The Morgan fingerprint density at radius 3 is 2.39 bits per heavy atom. The van der Waals surface area contributed by atoms with Gasteiger partial charge in [0.05, 0.1) is 36.1 Å². The van der Waals surface area contributed by atoms with E-state index >= 15 is 0 Å². The molecule has 1 N–H and O–H groups in total. The van der Waals surface area contributed by atoms with Gasteiger partial charge in [-0.1, -0.05) is 75.8 Å². The minimum Gasteiger partial charge on any atom is -0.497 e. The SMILES string of the molecule is COc1ccc([C@@H]2C(C(=O)Nc3ccccc3)=C(C)N=c3s/c(=C/c4ccc(OCc5ccc(Br)cc5)c(OC)c4)c(=O)n32)cc1. The summed E-state index contributed by atoms with van der Waals surface area (Å²) >= 11 is 4.72. The van der Waals surface area contributed by atoms with Crippen LogP contribution in [0.25, 0.3) is 6.08 Å². The summed E-state index contributed by atoms with van der Waals surface area (Å²) in [6, 6.07) is 29.3. The molecule has 5 aromatic rings. The Hall–Kier alpha value is -4.93. The highest BCUT2D eigenvalue weighted by Gasteiger charge is 2.32. The number of allylic oxidation sites excluding steroid dienone is 1. The van der Waals surface area contributed by atoms with Crippen molar-refractivity contribution in [1.29, 1.82) is 0 Å². The van der Waals surface area contributed by atoms with Crippen LogP contribution in [0.4, 0.5) is 5.69 Å². The molecule has 0 fully saturated rings. The van der Waals surface area contributed by atoms with Gasteiger partial charge in [-0.2, -0.15) is 0 Å². The molecule has 46 heavy (non-hydrogen) atoms. The van der Waals surface area contributed by atoms with E-state index in [1.807, 2.05) is 97.1 Å². The number of methoxy groups -OCH3 is 2. The monoisotopic (exact) mass is 695 g/mol. The molecule has 1 atom stereocenters. The first-order chi connectivity index (χ1) is 22.3. The van der Waals surface area contributed by atoms with E-state index in [4.69, 9.17) is 19.2 Å². The number of hydrogen-bond acceptors (Lipinski definition) is 7. The number of ether oxygens (including phenoxy) is 3. The van der Waals surface area contributed by atoms with Gasteiger partial charge in [-0.05, 0) is 78.2 Å². The fraction of sp³-hybridized carbons (Fsp3) is 0.139. The lowest BCUT2D eigenvalue weighted by Crippen LogP contribution is -2.40. The van der Waals surface area contributed by atoms with E-state index in [9.17, 15) is 9.59 Å². The summed E-state index contributed by atoms with van der Waals surface area (Å²) in [6.45, 7) is 2.18. The molecular formula is C36H30BrN3O5S. The predicted molar refractivity (Wildman–Crippen MR) is 183 cm³/mol. The van der Waals surface area contributed by atoms with Gasteiger partial charge in [0.2, 0.25) is 0 Å². The number of thiazole rings is 1. The quantitative estimate of drug-likeness (QED) is 0.197. The molecule has 232 valence electrons. The molecule has 0 radical (unpaired) electrons. The number of anilines is 1. The lowest BCUT2D eigenvalue weighted by molar-refractivity contribution is -0.113. The van der Waals surface area contributed by atoms with Crippen LogP contribution < -0.4 is 34.4 Å². The third-order valence-electron chi connectivity index (χ3n) is 7.52. The predicted octanol–water partition coefficient (Wildman–Crippen LogP) is 6.23. The summed E-state index contributed by atoms with van der Waals surface area (Å²) in [5.41, 5.74) is 3.87. The summed E-state index contributed by atoms with van der Waals surface area (Å²) in [7, 11) is 3.18. The van der Waals surface area contributed by atoms with Crippen LogP contribution in [0, 0.1) is 0 Å². The highest BCUT2D eigenvalue weighted by molar-refractivity contribution is 9.10. The molecular weight excluding hydrogens is 666 g/mol. The molecule has 1 aliphatic rings. The van der Waals surface area contributed by atoms with Gasteiger partial charge in [-0.15, -0.1) is 0 Å². The molecule has 10 heteroatoms.